The molecule has 0 aliphatic rings. The smallest absolute Gasteiger partial charge is 0.119 e. The quantitative estimate of drug-likeness (QED) is 0.683. The van der Waals surface area contributed by atoms with Crippen LogP contribution < -0.4 is 10.1 Å². The summed E-state index contributed by atoms with van der Waals surface area (Å²) in [5, 5.41) is 3.53. The van der Waals surface area contributed by atoms with E-state index in [9.17, 15) is 0 Å². The Morgan fingerprint density at radius 3 is 2.50 bits per heavy atom. The van der Waals surface area contributed by atoms with Crippen LogP contribution in [0.5, 0.6) is 5.75 Å². The van der Waals surface area contributed by atoms with E-state index in [0.717, 1.165) is 29.8 Å². The standard InChI is InChI=1S/C15H24BrNO/c1-3-6-14(17-4-2)7-5-12-18-15-10-8-13(16)9-11-15/h8-11,14,17H,3-7,12H2,1-2H3. The molecule has 0 aliphatic carbocycles. The van der Waals surface area contributed by atoms with E-state index in [1.54, 1.807) is 0 Å². The van der Waals surface area contributed by atoms with Crippen molar-refractivity contribution >= 4 is 15.9 Å². The van der Waals surface area contributed by atoms with E-state index in [1.165, 1.54) is 19.3 Å². The maximum atomic E-state index is 5.72. The van der Waals surface area contributed by atoms with Crippen LogP contribution in [0.1, 0.15) is 39.5 Å². The van der Waals surface area contributed by atoms with Crippen molar-refractivity contribution in [2.45, 2.75) is 45.6 Å². The Balaban J connectivity index is 2.18. The molecule has 0 fully saturated rings. The highest BCUT2D eigenvalue weighted by molar-refractivity contribution is 9.10. The van der Waals surface area contributed by atoms with Gasteiger partial charge in [-0.25, -0.2) is 0 Å². The SMILES string of the molecule is CCCC(CCCOc1ccc(Br)cc1)NCC. The fraction of sp³-hybridized carbons (Fsp3) is 0.600. The minimum Gasteiger partial charge on any atom is -0.494 e. The molecule has 0 aromatic heterocycles. The van der Waals surface area contributed by atoms with Crippen molar-refractivity contribution < 1.29 is 4.74 Å². The van der Waals surface area contributed by atoms with E-state index in [0.29, 0.717) is 6.04 Å². The maximum Gasteiger partial charge on any atom is 0.119 e. The number of rotatable bonds is 9. The van der Waals surface area contributed by atoms with Gasteiger partial charge in [0.05, 0.1) is 6.61 Å². The third-order valence-electron chi connectivity index (χ3n) is 2.91. The highest BCUT2D eigenvalue weighted by Gasteiger charge is 2.05. The molecule has 0 spiro atoms. The Bertz CT molecular complexity index is 307. The van der Waals surface area contributed by atoms with Gasteiger partial charge < -0.3 is 10.1 Å². The summed E-state index contributed by atoms with van der Waals surface area (Å²) in [6.07, 6.45) is 4.79. The van der Waals surface area contributed by atoms with E-state index in [2.05, 4.69) is 35.1 Å². The fourth-order valence-corrected chi connectivity index (χ4v) is 2.30. The van der Waals surface area contributed by atoms with Crippen LogP contribution in [0, 0.1) is 0 Å². The molecule has 1 atom stereocenters. The molecule has 0 saturated heterocycles. The zero-order valence-corrected chi connectivity index (χ0v) is 13.0. The Hall–Kier alpha value is -0.540. The van der Waals surface area contributed by atoms with E-state index < -0.39 is 0 Å². The molecule has 1 N–H and O–H groups in total. The predicted molar refractivity (Wildman–Crippen MR) is 81.2 cm³/mol. The molecule has 0 amide bonds. The summed E-state index contributed by atoms with van der Waals surface area (Å²) in [6.45, 7) is 6.26. The predicted octanol–water partition coefficient (Wildman–Crippen LogP) is 4.39. The highest BCUT2D eigenvalue weighted by Crippen LogP contribution is 2.16. The van der Waals surface area contributed by atoms with Gasteiger partial charge in [0.1, 0.15) is 5.75 Å². The summed E-state index contributed by atoms with van der Waals surface area (Å²) < 4.78 is 6.81. The second-order valence-electron chi connectivity index (χ2n) is 4.49. The van der Waals surface area contributed by atoms with E-state index in [-0.39, 0.29) is 0 Å². The topological polar surface area (TPSA) is 21.3 Å². The summed E-state index contributed by atoms with van der Waals surface area (Å²) >= 11 is 3.42. The van der Waals surface area contributed by atoms with Gasteiger partial charge in [0.2, 0.25) is 0 Å². The van der Waals surface area contributed by atoms with Gasteiger partial charge in [-0.15, -0.1) is 0 Å². The second kappa shape index (κ2) is 9.40. The first-order valence-electron chi connectivity index (χ1n) is 6.88. The monoisotopic (exact) mass is 313 g/mol. The minimum atomic E-state index is 0.647. The number of hydrogen-bond acceptors (Lipinski definition) is 2. The van der Waals surface area contributed by atoms with E-state index in [4.69, 9.17) is 4.74 Å². The van der Waals surface area contributed by atoms with Gasteiger partial charge in [-0.1, -0.05) is 36.2 Å². The molecular formula is C15H24BrNO. The number of hydrogen-bond donors (Lipinski definition) is 1. The molecule has 1 aromatic carbocycles. The lowest BCUT2D eigenvalue weighted by atomic mass is 10.1. The van der Waals surface area contributed by atoms with Gasteiger partial charge >= 0.3 is 0 Å². The van der Waals surface area contributed by atoms with Crippen LogP contribution in [0.25, 0.3) is 0 Å². The van der Waals surface area contributed by atoms with E-state index >= 15 is 0 Å². The third-order valence-corrected chi connectivity index (χ3v) is 3.44. The van der Waals surface area contributed by atoms with Crippen LogP contribution in [0.2, 0.25) is 0 Å². The van der Waals surface area contributed by atoms with Crippen LogP contribution in [-0.2, 0) is 0 Å². The molecule has 1 rings (SSSR count). The Kier molecular flexibility index (Phi) is 8.10. The van der Waals surface area contributed by atoms with Gasteiger partial charge in [-0.2, -0.15) is 0 Å². The average molecular weight is 314 g/mol. The lowest BCUT2D eigenvalue weighted by molar-refractivity contribution is 0.293. The summed E-state index contributed by atoms with van der Waals surface area (Å²) in [6, 6.07) is 8.66. The minimum absolute atomic E-state index is 0.647. The van der Waals surface area contributed by atoms with Crippen molar-refractivity contribution in [2.75, 3.05) is 13.2 Å². The van der Waals surface area contributed by atoms with Crippen LogP contribution >= 0.6 is 15.9 Å². The lowest BCUT2D eigenvalue weighted by Gasteiger charge is -2.17. The van der Waals surface area contributed by atoms with Gasteiger partial charge in [0, 0.05) is 10.5 Å². The van der Waals surface area contributed by atoms with E-state index in [1.807, 2.05) is 24.3 Å². The molecule has 1 unspecified atom stereocenters. The van der Waals surface area contributed by atoms with Crippen molar-refractivity contribution in [2.24, 2.45) is 0 Å². The van der Waals surface area contributed by atoms with Gasteiger partial charge in [-0.05, 0) is 50.1 Å². The molecule has 0 aliphatic heterocycles. The molecule has 0 bridgehead atoms. The molecule has 0 radical (unpaired) electrons. The number of benzene rings is 1. The molecule has 102 valence electrons. The molecule has 0 heterocycles. The van der Waals surface area contributed by atoms with Crippen molar-refractivity contribution in [3.63, 3.8) is 0 Å². The average Bonchev–Trinajstić information content (AvgIpc) is 2.37. The number of ether oxygens (including phenoxy) is 1. The molecule has 2 nitrogen and oxygen atoms in total. The van der Waals surface area contributed by atoms with Crippen LogP contribution in [-0.4, -0.2) is 19.2 Å². The Morgan fingerprint density at radius 2 is 1.89 bits per heavy atom. The summed E-state index contributed by atoms with van der Waals surface area (Å²) in [7, 11) is 0. The number of halogens is 1. The van der Waals surface area contributed by atoms with Crippen molar-refractivity contribution in [3.8, 4) is 5.75 Å². The lowest BCUT2D eigenvalue weighted by Crippen LogP contribution is -2.29. The third kappa shape index (κ3) is 6.41. The van der Waals surface area contributed by atoms with Gasteiger partial charge in [0.15, 0.2) is 0 Å². The van der Waals surface area contributed by atoms with Crippen molar-refractivity contribution in [3.05, 3.63) is 28.7 Å². The van der Waals surface area contributed by atoms with Gasteiger partial charge in [-0.3, -0.25) is 0 Å². The first-order valence-corrected chi connectivity index (χ1v) is 7.67. The van der Waals surface area contributed by atoms with Crippen LogP contribution in [0.4, 0.5) is 0 Å². The Labute approximate surface area is 119 Å². The maximum absolute atomic E-state index is 5.72. The zero-order valence-electron chi connectivity index (χ0n) is 11.4. The van der Waals surface area contributed by atoms with Gasteiger partial charge in [0.25, 0.3) is 0 Å². The van der Waals surface area contributed by atoms with Crippen LogP contribution in [0.15, 0.2) is 28.7 Å². The van der Waals surface area contributed by atoms with Crippen molar-refractivity contribution in [1.29, 1.82) is 0 Å². The largest absolute Gasteiger partial charge is 0.494 e. The first-order chi connectivity index (χ1) is 8.76. The molecule has 18 heavy (non-hydrogen) atoms. The summed E-state index contributed by atoms with van der Waals surface area (Å²) in [5.41, 5.74) is 0. The Morgan fingerprint density at radius 1 is 1.17 bits per heavy atom. The fourth-order valence-electron chi connectivity index (χ4n) is 2.04. The normalized spacial score (nSPS) is 12.4. The van der Waals surface area contributed by atoms with Crippen LogP contribution in [0.3, 0.4) is 0 Å². The second-order valence-corrected chi connectivity index (χ2v) is 5.40. The summed E-state index contributed by atoms with van der Waals surface area (Å²) in [4.78, 5) is 0. The first kappa shape index (κ1) is 15.5. The zero-order chi connectivity index (χ0) is 13.2. The van der Waals surface area contributed by atoms with Crippen molar-refractivity contribution in [1.82, 2.24) is 5.32 Å². The highest BCUT2D eigenvalue weighted by atomic mass is 79.9. The summed E-state index contributed by atoms with van der Waals surface area (Å²) in [5.74, 6) is 0.952. The molecule has 1 aromatic rings. The molecule has 3 heteroatoms. The molecule has 0 saturated carbocycles. The molecular weight excluding hydrogens is 290 g/mol. The number of nitrogens with one attached hydrogen (secondary N) is 1.